The largest absolute Gasteiger partial charge is 0.481 e. The molecular weight excluding hydrogens is 208 g/mol. The second-order valence-corrected chi connectivity index (χ2v) is 6.03. The van der Waals surface area contributed by atoms with Crippen LogP contribution in [0.1, 0.15) is 40.0 Å². The van der Waals surface area contributed by atoms with Crippen LogP contribution in [0.3, 0.4) is 0 Å². The Morgan fingerprint density at radius 3 is 2.38 bits per heavy atom. The fourth-order valence-corrected chi connectivity index (χ4v) is 2.72. The Labute approximate surface area is 95.0 Å². The molecule has 2 aliphatic carbocycles. The first-order valence-electron chi connectivity index (χ1n) is 5.71. The van der Waals surface area contributed by atoms with E-state index in [1.165, 1.54) is 0 Å². The molecule has 0 aliphatic heterocycles. The van der Waals surface area contributed by atoms with E-state index in [1.54, 1.807) is 0 Å². The van der Waals surface area contributed by atoms with Gasteiger partial charge in [-0.25, -0.2) is 0 Å². The average Bonchev–Trinajstić information content (AvgIpc) is 2.67. The maximum Gasteiger partial charge on any atom is 0.309 e. The monoisotopic (exact) mass is 226 g/mol. The standard InChI is InChI=1S/C12H18O4/c1-11(2,3)16-9(13)7-4-8-6-12(8,5-7)10(14)15/h7-8H,4-6H2,1-3H3,(H,14,15). The normalized spacial score (nSPS) is 36.7. The maximum absolute atomic E-state index is 11.8. The van der Waals surface area contributed by atoms with E-state index in [9.17, 15) is 9.59 Å². The zero-order valence-corrected chi connectivity index (χ0v) is 9.95. The number of carbonyl (C=O) groups excluding carboxylic acids is 1. The van der Waals surface area contributed by atoms with Crippen LogP contribution in [0.5, 0.6) is 0 Å². The van der Waals surface area contributed by atoms with Crippen molar-refractivity contribution in [3.63, 3.8) is 0 Å². The van der Waals surface area contributed by atoms with Gasteiger partial charge in [-0.05, 0) is 46.0 Å². The first kappa shape index (κ1) is 11.4. The summed E-state index contributed by atoms with van der Waals surface area (Å²) in [5.74, 6) is -1.000. The van der Waals surface area contributed by atoms with Crippen LogP contribution in [-0.2, 0) is 14.3 Å². The minimum absolute atomic E-state index is 0.197. The summed E-state index contributed by atoms with van der Waals surface area (Å²) >= 11 is 0. The average molecular weight is 226 g/mol. The van der Waals surface area contributed by atoms with Crippen molar-refractivity contribution < 1.29 is 19.4 Å². The molecule has 2 aliphatic rings. The maximum atomic E-state index is 11.8. The summed E-state index contributed by atoms with van der Waals surface area (Å²) in [7, 11) is 0. The lowest BCUT2D eigenvalue weighted by Gasteiger charge is -2.22. The lowest BCUT2D eigenvalue weighted by atomic mass is 9.97. The molecule has 0 aromatic carbocycles. The fraction of sp³-hybridized carbons (Fsp3) is 0.833. The van der Waals surface area contributed by atoms with Gasteiger partial charge < -0.3 is 9.84 Å². The fourth-order valence-electron chi connectivity index (χ4n) is 2.72. The Kier molecular flexibility index (Phi) is 2.30. The number of fused-ring (bicyclic) bond motifs is 1. The van der Waals surface area contributed by atoms with Gasteiger partial charge >= 0.3 is 11.9 Å². The van der Waals surface area contributed by atoms with Crippen LogP contribution >= 0.6 is 0 Å². The van der Waals surface area contributed by atoms with Gasteiger partial charge in [-0.3, -0.25) is 9.59 Å². The predicted octanol–water partition coefficient (Wildman–Crippen LogP) is 1.83. The summed E-state index contributed by atoms with van der Waals surface area (Å²) in [6.45, 7) is 5.48. The molecule has 0 spiro atoms. The zero-order chi connectivity index (χ0) is 12.1. The third kappa shape index (κ3) is 1.81. The highest BCUT2D eigenvalue weighted by Crippen LogP contribution is 2.65. The summed E-state index contributed by atoms with van der Waals surface area (Å²) in [5.41, 5.74) is -1.08. The predicted molar refractivity (Wildman–Crippen MR) is 56.7 cm³/mol. The number of ether oxygens (including phenoxy) is 1. The van der Waals surface area contributed by atoms with Crippen molar-refractivity contribution in [2.24, 2.45) is 17.3 Å². The molecule has 2 fully saturated rings. The van der Waals surface area contributed by atoms with Crippen LogP contribution in [0.2, 0.25) is 0 Å². The van der Waals surface area contributed by atoms with E-state index in [0.29, 0.717) is 12.8 Å². The second-order valence-electron chi connectivity index (χ2n) is 6.03. The summed E-state index contributed by atoms with van der Waals surface area (Å²) in [5, 5.41) is 9.09. The summed E-state index contributed by atoms with van der Waals surface area (Å²) < 4.78 is 5.28. The number of carboxylic acids is 1. The van der Waals surface area contributed by atoms with Gasteiger partial charge in [0.25, 0.3) is 0 Å². The van der Waals surface area contributed by atoms with Gasteiger partial charge in [0.05, 0.1) is 11.3 Å². The molecule has 0 amide bonds. The van der Waals surface area contributed by atoms with Gasteiger partial charge in [-0.2, -0.15) is 0 Å². The topological polar surface area (TPSA) is 63.6 Å². The molecule has 0 bridgehead atoms. The molecule has 16 heavy (non-hydrogen) atoms. The van der Waals surface area contributed by atoms with E-state index in [2.05, 4.69) is 0 Å². The van der Waals surface area contributed by atoms with Crippen LogP contribution < -0.4 is 0 Å². The van der Waals surface area contributed by atoms with Crippen molar-refractivity contribution >= 4 is 11.9 Å². The van der Waals surface area contributed by atoms with Gasteiger partial charge in [-0.15, -0.1) is 0 Å². The Hall–Kier alpha value is -1.06. The van der Waals surface area contributed by atoms with Crippen molar-refractivity contribution in [3.8, 4) is 0 Å². The first-order valence-corrected chi connectivity index (χ1v) is 5.71. The molecule has 2 saturated carbocycles. The van der Waals surface area contributed by atoms with Gasteiger partial charge in [0.1, 0.15) is 5.60 Å². The van der Waals surface area contributed by atoms with Crippen LogP contribution in [0.4, 0.5) is 0 Å². The third-order valence-corrected chi connectivity index (χ3v) is 3.58. The van der Waals surface area contributed by atoms with E-state index in [1.807, 2.05) is 20.8 Å². The molecule has 0 heterocycles. The van der Waals surface area contributed by atoms with Crippen LogP contribution in [0.25, 0.3) is 0 Å². The highest BCUT2D eigenvalue weighted by Gasteiger charge is 2.66. The number of carbonyl (C=O) groups is 2. The van der Waals surface area contributed by atoms with Gasteiger partial charge in [0.15, 0.2) is 0 Å². The van der Waals surface area contributed by atoms with E-state index < -0.39 is 17.0 Å². The number of hydrogen-bond donors (Lipinski definition) is 1. The van der Waals surface area contributed by atoms with Crippen LogP contribution in [-0.4, -0.2) is 22.6 Å². The molecule has 2 rings (SSSR count). The molecule has 0 radical (unpaired) electrons. The Morgan fingerprint density at radius 1 is 1.31 bits per heavy atom. The van der Waals surface area contributed by atoms with Crippen LogP contribution in [0, 0.1) is 17.3 Å². The minimum Gasteiger partial charge on any atom is -0.481 e. The lowest BCUT2D eigenvalue weighted by Crippen LogP contribution is -2.29. The number of esters is 1. The molecule has 1 N–H and O–H groups in total. The molecule has 0 saturated heterocycles. The Morgan fingerprint density at radius 2 is 1.94 bits per heavy atom. The van der Waals surface area contributed by atoms with Crippen LogP contribution in [0.15, 0.2) is 0 Å². The number of carboxylic acid groups (broad SMARTS) is 1. The molecule has 4 nitrogen and oxygen atoms in total. The van der Waals surface area contributed by atoms with Crippen molar-refractivity contribution in [2.75, 3.05) is 0 Å². The van der Waals surface area contributed by atoms with E-state index >= 15 is 0 Å². The molecule has 3 unspecified atom stereocenters. The highest BCUT2D eigenvalue weighted by atomic mass is 16.6. The highest BCUT2D eigenvalue weighted by molar-refractivity contribution is 5.82. The lowest BCUT2D eigenvalue weighted by molar-refractivity contribution is -0.160. The van der Waals surface area contributed by atoms with Crippen molar-refractivity contribution in [2.45, 2.75) is 45.6 Å². The van der Waals surface area contributed by atoms with E-state index in [0.717, 1.165) is 6.42 Å². The molecule has 0 aromatic rings. The third-order valence-electron chi connectivity index (χ3n) is 3.58. The molecule has 3 atom stereocenters. The number of aliphatic carboxylic acids is 1. The molecular formula is C12H18O4. The van der Waals surface area contributed by atoms with Crippen molar-refractivity contribution in [1.29, 1.82) is 0 Å². The molecule has 0 aromatic heterocycles. The Bertz CT molecular complexity index is 341. The first-order chi connectivity index (χ1) is 7.24. The SMILES string of the molecule is CC(C)(C)OC(=O)C1CC2CC2(C(=O)O)C1. The minimum atomic E-state index is -0.747. The van der Waals surface area contributed by atoms with E-state index in [4.69, 9.17) is 9.84 Å². The summed E-state index contributed by atoms with van der Waals surface area (Å²) in [6.07, 6.45) is 1.88. The smallest absolute Gasteiger partial charge is 0.309 e. The quantitative estimate of drug-likeness (QED) is 0.729. The number of rotatable bonds is 2. The summed E-state index contributed by atoms with van der Waals surface area (Å²) in [6, 6.07) is 0. The summed E-state index contributed by atoms with van der Waals surface area (Å²) in [4.78, 5) is 22.8. The number of hydrogen-bond acceptors (Lipinski definition) is 3. The second kappa shape index (κ2) is 3.22. The van der Waals surface area contributed by atoms with Crippen molar-refractivity contribution in [3.05, 3.63) is 0 Å². The van der Waals surface area contributed by atoms with Gasteiger partial charge in [0, 0.05) is 0 Å². The molecule has 4 heteroatoms. The van der Waals surface area contributed by atoms with Gasteiger partial charge in [0.2, 0.25) is 0 Å². The van der Waals surface area contributed by atoms with E-state index in [-0.39, 0.29) is 17.8 Å². The van der Waals surface area contributed by atoms with Gasteiger partial charge in [-0.1, -0.05) is 0 Å². The molecule has 90 valence electrons. The Balaban J connectivity index is 1.96. The zero-order valence-electron chi connectivity index (χ0n) is 9.95. The van der Waals surface area contributed by atoms with Crippen molar-refractivity contribution in [1.82, 2.24) is 0 Å².